The molecule has 1 saturated carbocycles. The summed E-state index contributed by atoms with van der Waals surface area (Å²) in [7, 11) is 0. The van der Waals surface area contributed by atoms with Crippen LogP contribution in [0, 0.1) is 5.92 Å². The minimum absolute atomic E-state index is 0.133. The van der Waals surface area contributed by atoms with E-state index in [1.807, 2.05) is 0 Å². The van der Waals surface area contributed by atoms with Crippen LogP contribution in [-0.4, -0.2) is 40.5 Å². The number of carboxylic acids is 1. The van der Waals surface area contributed by atoms with Gasteiger partial charge in [-0.25, -0.2) is 9.78 Å². The molecule has 0 aromatic carbocycles. The Bertz CT molecular complexity index is 680. The number of nitrogens with zero attached hydrogens (tertiary/aromatic N) is 1. The van der Waals surface area contributed by atoms with E-state index in [-0.39, 0.29) is 11.7 Å². The van der Waals surface area contributed by atoms with Crippen molar-refractivity contribution in [3.63, 3.8) is 0 Å². The summed E-state index contributed by atoms with van der Waals surface area (Å²) in [6.07, 6.45) is 7.74. The second-order valence-corrected chi connectivity index (χ2v) is 6.80. The molecule has 128 valence electrons. The van der Waals surface area contributed by atoms with Gasteiger partial charge in [-0.05, 0) is 43.5 Å². The molecular formula is C17H20ClN3O3. The van der Waals surface area contributed by atoms with Crippen LogP contribution in [0.25, 0.3) is 6.08 Å². The number of carbonyl (C=O) groups is 2. The highest BCUT2D eigenvalue weighted by atomic mass is 35.5. The van der Waals surface area contributed by atoms with Crippen LogP contribution >= 0.6 is 11.6 Å². The van der Waals surface area contributed by atoms with Gasteiger partial charge < -0.3 is 15.7 Å². The normalized spacial score (nSPS) is 24.0. The van der Waals surface area contributed by atoms with Crippen molar-refractivity contribution in [3.05, 3.63) is 28.9 Å². The van der Waals surface area contributed by atoms with Gasteiger partial charge in [0.05, 0.1) is 5.02 Å². The van der Waals surface area contributed by atoms with Crippen LogP contribution in [0.4, 0.5) is 5.82 Å². The highest BCUT2D eigenvalue weighted by Gasteiger charge is 2.46. The fourth-order valence-electron chi connectivity index (χ4n) is 3.16. The monoisotopic (exact) mass is 349 g/mol. The standard InChI is InChI=1S/C17H20ClN3O3/c18-13-8-11(4-5-14(22)23)9-20-16(13)21-17(6-7-19-10-17)15(24)12-2-1-3-12/h4-5,8-9,12,19H,1-3,6-7,10H2,(H,20,21)(H,22,23)/b5-4+/t17-/m1/s1. The maximum absolute atomic E-state index is 12.9. The minimum atomic E-state index is -1.03. The zero-order valence-electron chi connectivity index (χ0n) is 13.2. The third kappa shape index (κ3) is 3.44. The second kappa shape index (κ2) is 6.91. The number of rotatable bonds is 6. The molecule has 2 heterocycles. The van der Waals surface area contributed by atoms with E-state index < -0.39 is 11.5 Å². The molecule has 1 saturated heterocycles. The van der Waals surface area contributed by atoms with E-state index in [1.165, 1.54) is 12.3 Å². The lowest BCUT2D eigenvalue weighted by atomic mass is 9.74. The van der Waals surface area contributed by atoms with Crippen molar-refractivity contribution < 1.29 is 14.7 Å². The van der Waals surface area contributed by atoms with Gasteiger partial charge in [-0.15, -0.1) is 0 Å². The Morgan fingerprint density at radius 3 is 2.79 bits per heavy atom. The molecule has 0 bridgehead atoms. The molecule has 1 aliphatic carbocycles. The summed E-state index contributed by atoms with van der Waals surface area (Å²) in [5.41, 5.74) is -0.0583. The number of hydrogen-bond acceptors (Lipinski definition) is 5. The average molecular weight is 350 g/mol. The topological polar surface area (TPSA) is 91.3 Å². The molecule has 1 aliphatic heterocycles. The summed E-state index contributed by atoms with van der Waals surface area (Å²) in [5.74, 6) is -0.198. The van der Waals surface area contributed by atoms with E-state index in [2.05, 4.69) is 15.6 Å². The van der Waals surface area contributed by atoms with E-state index >= 15 is 0 Å². The number of anilines is 1. The van der Waals surface area contributed by atoms with Gasteiger partial charge >= 0.3 is 5.97 Å². The largest absolute Gasteiger partial charge is 0.478 e. The van der Waals surface area contributed by atoms with Gasteiger partial charge in [0.15, 0.2) is 5.78 Å². The van der Waals surface area contributed by atoms with Crippen LogP contribution in [0.15, 0.2) is 18.3 Å². The summed E-state index contributed by atoms with van der Waals surface area (Å²) in [6.45, 7) is 1.35. The molecule has 0 spiro atoms. The average Bonchev–Trinajstić information content (AvgIpc) is 2.96. The summed E-state index contributed by atoms with van der Waals surface area (Å²) in [4.78, 5) is 27.7. The molecule has 1 aromatic rings. The molecule has 2 fully saturated rings. The Morgan fingerprint density at radius 2 is 2.25 bits per heavy atom. The third-order valence-electron chi connectivity index (χ3n) is 4.74. The molecular weight excluding hydrogens is 330 g/mol. The van der Waals surface area contributed by atoms with E-state index in [4.69, 9.17) is 16.7 Å². The molecule has 24 heavy (non-hydrogen) atoms. The highest BCUT2D eigenvalue weighted by Crippen LogP contribution is 2.35. The van der Waals surface area contributed by atoms with Gasteiger partial charge in [0, 0.05) is 24.7 Å². The van der Waals surface area contributed by atoms with Gasteiger partial charge in [0.2, 0.25) is 0 Å². The minimum Gasteiger partial charge on any atom is -0.478 e. The van der Waals surface area contributed by atoms with Crippen LogP contribution in [0.2, 0.25) is 5.02 Å². The second-order valence-electron chi connectivity index (χ2n) is 6.40. The first-order valence-electron chi connectivity index (χ1n) is 8.10. The van der Waals surface area contributed by atoms with Crippen molar-refractivity contribution in [2.45, 2.75) is 31.2 Å². The van der Waals surface area contributed by atoms with Crippen LogP contribution in [0.3, 0.4) is 0 Å². The number of ketones is 1. The van der Waals surface area contributed by atoms with E-state index in [0.29, 0.717) is 29.4 Å². The SMILES string of the molecule is O=C(O)/C=C/c1cnc(N[C@]2(C(=O)C3CCC3)CCNC2)c(Cl)c1. The zero-order valence-corrected chi connectivity index (χ0v) is 14.0. The van der Waals surface area contributed by atoms with Gasteiger partial charge in [-0.3, -0.25) is 4.79 Å². The van der Waals surface area contributed by atoms with Crippen molar-refractivity contribution in [1.29, 1.82) is 0 Å². The molecule has 0 amide bonds. The Hall–Kier alpha value is -1.92. The van der Waals surface area contributed by atoms with Crippen molar-refractivity contribution in [2.75, 3.05) is 18.4 Å². The number of aliphatic carboxylic acids is 1. The third-order valence-corrected chi connectivity index (χ3v) is 5.03. The van der Waals surface area contributed by atoms with Crippen LogP contribution < -0.4 is 10.6 Å². The fraction of sp³-hybridized carbons (Fsp3) is 0.471. The molecule has 1 atom stereocenters. The van der Waals surface area contributed by atoms with Crippen molar-refractivity contribution in [2.24, 2.45) is 5.92 Å². The zero-order chi connectivity index (χ0) is 17.2. The predicted molar refractivity (Wildman–Crippen MR) is 92.1 cm³/mol. The molecule has 3 N–H and O–H groups in total. The lowest BCUT2D eigenvalue weighted by Gasteiger charge is -2.36. The summed E-state index contributed by atoms with van der Waals surface area (Å²) < 4.78 is 0. The highest BCUT2D eigenvalue weighted by molar-refractivity contribution is 6.33. The van der Waals surface area contributed by atoms with Gasteiger partial charge in [0.25, 0.3) is 0 Å². The fourth-order valence-corrected chi connectivity index (χ4v) is 3.38. The van der Waals surface area contributed by atoms with Gasteiger partial charge in [0.1, 0.15) is 11.4 Å². The molecule has 0 unspecified atom stereocenters. The van der Waals surface area contributed by atoms with E-state index in [1.54, 1.807) is 6.07 Å². The van der Waals surface area contributed by atoms with Crippen molar-refractivity contribution in [1.82, 2.24) is 10.3 Å². The van der Waals surface area contributed by atoms with Gasteiger partial charge in [-0.1, -0.05) is 18.0 Å². The molecule has 1 aromatic heterocycles. The summed E-state index contributed by atoms with van der Waals surface area (Å²) >= 11 is 6.28. The number of halogens is 1. The van der Waals surface area contributed by atoms with Crippen LogP contribution in [0.5, 0.6) is 0 Å². The Balaban J connectivity index is 1.80. The summed E-state index contributed by atoms with van der Waals surface area (Å²) in [6, 6.07) is 1.64. The molecule has 2 aliphatic rings. The molecule has 0 radical (unpaired) electrons. The number of aromatic nitrogens is 1. The molecule has 3 rings (SSSR count). The Labute approximate surface area is 145 Å². The molecule has 7 heteroatoms. The smallest absolute Gasteiger partial charge is 0.328 e. The van der Waals surface area contributed by atoms with Crippen molar-refractivity contribution in [3.8, 4) is 0 Å². The van der Waals surface area contributed by atoms with E-state index in [0.717, 1.165) is 31.9 Å². The Morgan fingerprint density at radius 1 is 1.46 bits per heavy atom. The molecule has 6 nitrogen and oxygen atoms in total. The first-order valence-corrected chi connectivity index (χ1v) is 8.48. The quantitative estimate of drug-likeness (QED) is 0.683. The number of Topliss-reactive ketones (excluding diaryl/α,β-unsaturated/α-hetero) is 1. The lowest BCUT2D eigenvalue weighted by Crippen LogP contribution is -2.52. The first kappa shape index (κ1) is 16.9. The van der Waals surface area contributed by atoms with Crippen LogP contribution in [0.1, 0.15) is 31.2 Å². The number of carboxylic acid groups (broad SMARTS) is 1. The summed E-state index contributed by atoms with van der Waals surface area (Å²) in [5, 5.41) is 15.6. The van der Waals surface area contributed by atoms with Crippen molar-refractivity contribution >= 4 is 35.2 Å². The number of nitrogens with one attached hydrogen (secondary N) is 2. The lowest BCUT2D eigenvalue weighted by molar-refractivity contribution is -0.131. The number of pyridine rings is 1. The number of hydrogen-bond donors (Lipinski definition) is 3. The maximum Gasteiger partial charge on any atom is 0.328 e. The van der Waals surface area contributed by atoms with Gasteiger partial charge in [-0.2, -0.15) is 0 Å². The maximum atomic E-state index is 12.9. The number of carbonyl (C=O) groups excluding carboxylic acids is 1. The Kier molecular flexibility index (Phi) is 4.87. The first-order chi connectivity index (χ1) is 11.5. The predicted octanol–water partition coefficient (Wildman–Crippen LogP) is 2.35. The van der Waals surface area contributed by atoms with E-state index in [9.17, 15) is 9.59 Å². The van der Waals surface area contributed by atoms with Crippen LogP contribution in [-0.2, 0) is 9.59 Å².